The first-order valence-electron chi connectivity index (χ1n) is 11.0. The van der Waals surface area contributed by atoms with E-state index in [9.17, 15) is 19.7 Å². The van der Waals surface area contributed by atoms with Gasteiger partial charge in [0.05, 0.1) is 11.5 Å². The Balaban J connectivity index is 1.92. The number of hydrogen-bond donors (Lipinski definition) is 0. The molecule has 8 nitrogen and oxygen atoms in total. The molecule has 1 rings (SSSR count). The highest BCUT2D eigenvalue weighted by molar-refractivity contribution is 5.69. The van der Waals surface area contributed by atoms with Gasteiger partial charge in [-0.3, -0.25) is 14.9 Å². The van der Waals surface area contributed by atoms with Crippen LogP contribution < -0.4 is 4.74 Å². The van der Waals surface area contributed by atoms with E-state index < -0.39 is 16.7 Å². The zero-order valence-corrected chi connectivity index (χ0v) is 18.9. The number of hydrogen-bond acceptors (Lipinski definition) is 7. The van der Waals surface area contributed by atoms with Gasteiger partial charge in [0.2, 0.25) is 0 Å². The fourth-order valence-electron chi connectivity index (χ4n) is 2.92. The zero-order valence-electron chi connectivity index (χ0n) is 18.9. The lowest BCUT2D eigenvalue weighted by Gasteiger charge is -2.19. The quantitative estimate of drug-likeness (QED) is 0.110. The monoisotopic (exact) mass is 437 g/mol. The third-order valence-electron chi connectivity index (χ3n) is 4.41. The number of carbonyl (C=O) groups is 2. The number of benzene rings is 1. The first-order chi connectivity index (χ1) is 14.7. The lowest BCUT2D eigenvalue weighted by Crippen LogP contribution is -2.23. The van der Waals surface area contributed by atoms with Crippen LogP contribution in [0.25, 0.3) is 0 Å². The summed E-state index contributed by atoms with van der Waals surface area (Å²) >= 11 is 0. The van der Waals surface area contributed by atoms with Crippen molar-refractivity contribution in [2.75, 3.05) is 6.61 Å². The van der Waals surface area contributed by atoms with E-state index in [1.54, 1.807) is 0 Å². The predicted molar refractivity (Wildman–Crippen MR) is 117 cm³/mol. The Hall–Kier alpha value is -2.64. The van der Waals surface area contributed by atoms with E-state index in [-0.39, 0.29) is 24.0 Å². The Labute approximate surface area is 184 Å². The van der Waals surface area contributed by atoms with Crippen molar-refractivity contribution in [3.05, 3.63) is 34.4 Å². The first-order valence-corrected chi connectivity index (χ1v) is 11.0. The fraction of sp³-hybridized carbons (Fsp3) is 0.652. The Bertz CT molecular complexity index is 680. The normalized spacial score (nSPS) is 11.1. The maximum Gasteiger partial charge on any atom is 0.513 e. The van der Waals surface area contributed by atoms with Gasteiger partial charge in [-0.2, -0.15) is 0 Å². The second kappa shape index (κ2) is 14.4. The second-order valence-corrected chi connectivity index (χ2v) is 8.47. The molecule has 0 atom stereocenters. The Kier molecular flexibility index (Phi) is 12.2. The molecule has 31 heavy (non-hydrogen) atoms. The number of non-ortho nitro benzene ring substituents is 1. The summed E-state index contributed by atoms with van der Waals surface area (Å²) in [5.74, 6) is 0.0908. The highest BCUT2D eigenvalue weighted by Crippen LogP contribution is 2.18. The van der Waals surface area contributed by atoms with Crippen molar-refractivity contribution < 1.29 is 28.7 Å². The van der Waals surface area contributed by atoms with Gasteiger partial charge >= 0.3 is 12.1 Å². The number of ether oxygens (including phenoxy) is 3. The van der Waals surface area contributed by atoms with E-state index in [2.05, 4.69) is 0 Å². The number of esters is 1. The van der Waals surface area contributed by atoms with E-state index in [0.29, 0.717) is 6.42 Å². The predicted octanol–water partition coefficient (Wildman–Crippen LogP) is 6.35. The van der Waals surface area contributed by atoms with E-state index in [4.69, 9.17) is 14.2 Å². The summed E-state index contributed by atoms with van der Waals surface area (Å²) in [5, 5.41) is 10.6. The van der Waals surface area contributed by atoms with E-state index in [0.717, 1.165) is 57.8 Å². The zero-order chi connectivity index (χ0) is 23.1. The molecule has 0 aliphatic rings. The van der Waals surface area contributed by atoms with Crippen molar-refractivity contribution in [2.45, 2.75) is 90.6 Å². The van der Waals surface area contributed by atoms with Crippen molar-refractivity contribution in [1.29, 1.82) is 0 Å². The van der Waals surface area contributed by atoms with Gasteiger partial charge in [0.25, 0.3) is 5.69 Å². The maximum atomic E-state index is 11.6. The molecule has 0 unspecified atom stereocenters. The number of nitro groups is 1. The van der Waals surface area contributed by atoms with Crippen LogP contribution in [0.15, 0.2) is 24.3 Å². The minimum atomic E-state index is -0.805. The van der Waals surface area contributed by atoms with E-state index in [1.165, 1.54) is 24.3 Å². The van der Waals surface area contributed by atoms with Gasteiger partial charge < -0.3 is 14.2 Å². The van der Waals surface area contributed by atoms with Crippen LogP contribution in [0.5, 0.6) is 5.75 Å². The molecule has 0 aromatic heterocycles. The Morgan fingerprint density at radius 1 is 0.871 bits per heavy atom. The molecule has 174 valence electrons. The molecular weight excluding hydrogens is 402 g/mol. The topological polar surface area (TPSA) is 105 Å². The van der Waals surface area contributed by atoms with Crippen molar-refractivity contribution in [2.24, 2.45) is 0 Å². The summed E-state index contributed by atoms with van der Waals surface area (Å²) in [4.78, 5) is 33.3. The summed E-state index contributed by atoms with van der Waals surface area (Å²) < 4.78 is 15.3. The molecule has 0 saturated heterocycles. The van der Waals surface area contributed by atoms with Gasteiger partial charge in [-0.15, -0.1) is 0 Å². The van der Waals surface area contributed by atoms with Gasteiger partial charge in [0.15, 0.2) is 0 Å². The SMILES string of the molecule is CC(C)(C)OC(=O)CCCCCCCCCCCOC(=O)Oc1ccc([N+](=O)[O-])cc1. The van der Waals surface area contributed by atoms with Crippen molar-refractivity contribution in [3.63, 3.8) is 0 Å². The molecule has 0 bridgehead atoms. The molecule has 0 spiro atoms. The van der Waals surface area contributed by atoms with Gasteiger partial charge in [-0.05, 0) is 45.7 Å². The molecular formula is C23H35NO7. The maximum absolute atomic E-state index is 11.6. The number of nitro benzene ring substituents is 1. The molecule has 0 radical (unpaired) electrons. The number of nitrogens with zero attached hydrogens (tertiary/aromatic N) is 1. The second-order valence-electron chi connectivity index (χ2n) is 8.47. The molecule has 0 heterocycles. The summed E-state index contributed by atoms with van der Waals surface area (Å²) in [6.07, 6.45) is 9.02. The van der Waals surface area contributed by atoms with Crippen LogP contribution in [0.3, 0.4) is 0 Å². The lowest BCUT2D eigenvalue weighted by atomic mass is 10.1. The van der Waals surface area contributed by atoms with Crippen LogP contribution in [-0.2, 0) is 14.3 Å². The van der Waals surface area contributed by atoms with Crippen LogP contribution in [0.4, 0.5) is 10.5 Å². The average Bonchev–Trinajstić information content (AvgIpc) is 2.67. The Morgan fingerprint density at radius 2 is 1.39 bits per heavy atom. The van der Waals surface area contributed by atoms with Crippen LogP contribution in [0.2, 0.25) is 0 Å². The number of rotatable bonds is 14. The number of unbranched alkanes of at least 4 members (excludes halogenated alkanes) is 8. The smallest absolute Gasteiger partial charge is 0.460 e. The lowest BCUT2D eigenvalue weighted by molar-refractivity contribution is -0.384. The Morgan fingerprint density at radius 3 is 1.90 bits per heavy atom. The summed E-state index contributed by atoms with van der Waals surface area (Å²) in [5.41, 5.74) is -0.475. The third kappa shape index (κ3) is 14.1. The molecule has 0 amide bonds. The fourth-order valence-corrected chi connectivity index (χ4v) is 2.92. The molecule has 8 heteroatoms. The molecule has 0 aliphatic heterocycles. The van der Waals surface area contributed by atoms with Crippen LogP contribution in [0.1, 0.15) is 85.0 Å². The molecule has 0 fully saturated rings. The van der Waals surface area contributed by atoms with Crippen LogP contribution >= 0.6 is 0 Å². The third-order valence-corrected chi connectivity index (χ3v) is 4.41. The van der Waals surface area contributed by atoms with Crippen LogP contribution in [0, 0.1) is 10.1 Å². The van der Waals surface area contributed by atoms with Crippen molar-refractivity contribution in [1.82, 2.24) is 0 Å². The first kappa shape index (κ1) is 26.4. The summed E-state index contributed by atoms with van der Waals surface area (Å²) in [6.45, 7) is 5.93. The standard InChI is InChI=1S/C23H35NO7/c1-23(2,3)31-21(25)13-11-9-7-5-4-6-8-10-12-18-29-22(26)30-20-16-14-19(15-17-20)24(27)28/h14-17H,4-13,18H2,1-3H3. The largest absolute Gasteiger partial charge is 0.513 e. The molecule has 0 aliphatic carbocycles. The molecule has 0 N–H and O–H groups in total. The van der Waals surface area contributed by atoms with Crippen LogP contribution in [-0.4, -0.2) is 29.3 Å². The van der Waals surface area contributed by atoms with E-state index >= 15 is 0 Å². The van der Waals surface area contributed by atoms with E-state index in [1.807, 2.05) is 20.8 Å². The summed E-state index contributed by atoms with van der Waals surface area (Å²) in [7, 11) is 0. The molecule has 0 saturated carbocycles. The summed E-state index contributed by atoms with van der Waals surface area (Å²) in [6, 6.07) is 5.25. The number of carbonyl (C=O) groups excluding carboxylic acids is 2. The average molecular weight is 438 g/mol. The van der Waals surface area contributed by atoms with Gasteiger partial charge in [-0.1, -0.05) is 44.9 Å². The van der Waals surface area contributed by atoms with Gasteiger partial charge in [0, 0.05) is 18.6 Å². The highest BCUT2D eigenvalue weighted by atomic mass is 16.7. The molecule has 1 aromatic rings. The van der Waals surface area contributed by atoms with Crippen molar-refractivity contribution >= 4 is 17.8 Å². The van der Waals surface area contributed by atoms with Crippen molar-refractivity contribution in [3.8, 4) is 5.75 Å². The minimum absolute atomic E-state index is 0.0680. The minimum Gasteiger partial charge on any atom is -0.460 e. The van der Waals surface area contributed by atoms with Gasteiger partial charge in [-0.25, -0.2) is 4.79 Å². The molecule has 1 aromatic carbocycles. The highest BCUT2D eigenvalue weighted by Gasteiger charge is 2.15. The van der Waals surface area contributed by atoms with Gasteiger partial charge in [0.1, 0.15) is 11.4 Å².